The first kappa shape index (κ1) is 19.9. The Labute approximate surface area is 161 Å². The van der Waals surface area contributed by atoms with Gasteiger partial charge in [-0.25, -0.2) is 9.98 Å². The minimum Gasteiger partial charge on any atom is -0.387 e. The second-order valence-corrected chi connectivity index (χ2v) is 6.01. The van der Waals surface area contributed by atoms with Crippen LogP contribution in [0.4, 0.5) is 11.5 Å². The Morgan fingerprint density at radius 2 is 2.07 bits per heavy atom. The number of anilines is 2. The summed E-state index contributed by atoms with van der Waals surface area (Å²) in [5, 5.41) is 15.2. The molecule has 0 amide bonds. The molecule has 1 aromatic heterocycles. The molecule has 0 aliphatic rings. The van der Waals surface area contributed by atoms with Crippen LogP contribution in [0.15, 0.2) is 65.6 Å². The SMILES string of the molecule is C=C(/C=N\C(C#N)=C/C)Nc1cc(NC)c(-c2ccc(CCC)cc2)cn1. The Bertz CT molecular complexity index is 886. The van der Waals surface area contributed by atoms with Crippen molar-refractivity contribution in [2.45, 2.75) is 26.7 Å². The molecule has 1 aromatic carbocycles. The second-order valence-electron chi connectivity index (χ2n) is 6.01. The highest BCUT2D eigenvalue weighted by molar-refractivity contribution is 5.84. The third-order valence-corrected chi connectivity index (χ3v) is 4.01. The van der Waals surface area contributed by atoms with Crippen LogP contribution in [0.25, 0.3) is 11.1 Å². The molecule has 0 radical (unpaired) electrons. The molecular formula is C22H25N5. The third kappa shape index (κ3) is 5.55. The Morgan fingerprint density at radius 3 is 2.67 bits per heavy atom. The number of aromatic nitrogens is 1. The molecule has 0 aliphatic carbocycles. The number of nitrogens with zero attached hydrogens (tertiary/aromatic N) is 3. The molecule has 5 nitrogen and oxygen atoms in total. The van der Waals surface area contributed by atoms with E-state index in [0.717, 1.165) is 29.7 Å². The van der Waals surface area contributed by atoms with Crippen molar-refractivity contribution >= 4 is 17.7 Å². The van der Waals surface area contributed by atoms with E-state index in [1.165, 1.54) is 11.8 Å². The number of nitriles is 1. The van der Waals surface area contributed by atoms with E-state index in [0.29, 0.717) is 17.2 Å². The standard InChI is InChI=1S/C22H25N5/c1-5-7-17-8-10-18(11-9-17)20-15-26-22(12-21(20)24-4)27-16(3)14-25-19(6-2)13-23/h6,8-12,14-15H,3,5,7H2,1-2,4H3,(H2,24,26,27)/b19-6-,25-14-. The normalized spacial score (nSPS) is 11.3. The van der Waals surface area contributed by atoms with Crippen LogP contribution in [0.2, 0.25) is 0 Å². The van der Waals surface area contributed by atoms with Crippen LogP contribution in [0, 0.1) is 11.3 Å². The number of hydrogen-bond donors (Lipinski definition) is 2. The molecule has 27 heavy (non-hydrogen) atoms. The summed E-state index contributed by atoms with van der Waals surface area (Å²) in [7, 11) is 1.88. The topological polar surface area (TPSA) is 73.1 Å². The summed E-state index contributed by atoms with van der Waals surface area (Å²) in [5.41, 5.74) is 5.34. The molecule has 0 fully saturated rings. The maximum Gasteiger partial charge on any atom is 0.136 e. The van der Waals surface area contributed by atoms with Crippen LogP contribution in [0.1, 0.15) is 25.8 Å². The molecule has 0 aliphatic heterocycles. The maximum atomic E-state index is 8.88. The third-order valence-electron chi connectivity index (χ3n) is 4.01. The van der Waals surface area contributed by atoms with Crippen molar-refractivity contribution in [2.24, 2.45) is 4.99 Å². The summed E-state index contributed by atoms with van der Waals surface area (Å²) in [6.07, 6.45) is 7.21. The molecular weight excluding hydrogens is 334 g/mol. The maximum absolute atomic E-state index is 8.88. The zero-order chi connectivity index (χ0) is 19.6. The molecule has 1 heterocycles. The number of rotatable bonds is 8. The van der Waals surface area contributed by atoms with Crippen molar-refractivity contribution in [3.8, 4) is 17.2 Å². The van der Waals surface area contributed by atoms with Gasteiger partial charge in [0.15, 0.2) is 0 Å². The van der Waals surface area contributed by atoms with Crippen LogP contribution in [-0.4, -0.2) is 18.2 Å². The van der Waals surface area contributed by atoms with Gasteiger partial charge in [-0.1, -0.05) is 50.3 Å². The molecule has 2 N–H and O–H groups in total. The fourth-order valence-corrected chi connectivity index (χ4v) is 2.61. The van der Waals surface area contributed by atoms with E-state index in [1.807, 2.05) is 25.4 Å². The van der Waals surface area contributed by atoms with Crippen LogP contribution in [-0.2, 0) is 6.42 Å². The van der Waals surface area contributed by atoms with Gasteiger partial charge in [0.05, 0.1) is 11.9 Å². The van der Waals surface area contributed by atoms with Crippen LogP contribution in [0.3, 0.4) is 0 Å². The fourth-order valence-electron chi connectivity index (χ4n) is 2.61. The summed E-state index contributed by atoms with van der Waals surface area (Å²) < 4.78 is 0. The van der Waals surface area contributed by atoms with Crippen molar-refractivity contribution < 1.29 is 0 Å². The summed E-state index contributed by atoms with van der Waals surface area (Å²) >= 11 is 0. The summed E-state index contributed by atoms with van der Waals surface area (Å²) in [5.74, 6) is 0.654. The first-order valence-electron chi connectivity index (χ1n) is 8.94. The predicted molar refractivity (Wildman–Crippen MR) is 114 cm³/mol. The molecule has 0 spiro atoms. The van der Waals surface area contributed by atoms with Crippen molar-refractivity contribution in [1.29, 1.82) is 5.26 Å². The lowest BCUT2D eigenvalue weighted by molar-refractivity contribution is 0.922. The highest BCUT2D eigenvalue weighted by Crippen LogP contribution is 2.29. The molecule has 0 unspecified atom stereocenters. The van der Waals surface area contributed by atoms with Gasteiger partial charge >= 0.3 is 0 Å². The summed E-state index contributed by atoms with van der Waals surface area (Å²) in [6, 6.07) is 12.5. The quantitative estimate of drug-likeness (QED) is 0.504. The van der Waals surface area contributed by atoms with Crippen molar-refractivity contribution in [1.82, 2.24) is 4.98 Å². The predicted octanol–water partition coefficient (Wildman–Crippen LogP) is 5.17. The van der Waals surface area contributed by atoms with Gasteiger partial charge in [0.1, 0.15) is 17.6 Å². The molecule has 0 bridgehead atoms. The van der Waals surface area contributed by atoms with Gasteiger partial charge in [-0.2, -0.15) is 5.26 Å². The van der Waals surface area contributed by atoms with Gasteiger partial charge in [0.25, 0.3) is 0 Å². The van der Waals surface area contributed by atoms with E-state index in [2.05, 4.69) is 58.4 Å². The van der Waals surface area contributed by atoms with Gasteiger partial charge in [0.2, 0.25) is 0 Å². The van der Waals surface area contributed by atoms with E-state index >= 15 is 0 Å². The number of pyridine rings is 1. The van der Waals surface area contributed by atoms with E-state index in [9.17, 15) is 0 Å². The van der Waals surface area contributed by atoms with Crippen molar-refractivity contribution in [3.05, 3.63) is 66.1 Å². The van der Waals surface area contributed by atoms with Gasteiger partial charge in [0, 0.05) is 30.6 Å². The number of allylic oxidation sites excluding steroid dienone is 3. The first-order chi connectivity index (χ1) is 13.1. The minimum atomic E-state index is 0.337. The Hall–Kier alpha value is -3.39. The Kier molecular flexibility index (Phi) is 7.33. The molecule has 0 atom stereocenters. The average molecular weight is 359 g/mol. The van der Waals surface area contributed by atoms with Gasteiger partial charge in [-0.05, 0) is 24.5 Å². The molecule has 5 heteroatoms. The van der Waals surface area contributed by atoms with Crippen LogP contribution >= 0.6 is 0 Å². The van der Waals surface area contributed by atoms with Crippen molar-refractivity contribution in [2.75, 3.05) is 17.7 Å². The number of aryl methyl sites for hydroxylation is 1. The first-order valence-corrected chi connectivity index (χ1v) is 8.94. The van der Waals surface area contributed by atoms with Crippen molar-refractivity contribution in [3.63, 3.8) is 0 Å². The lowest BCUT2D eigenvalue weighted by atomic mass is 10.0. The molecule has 0 saturated carbocycles. The largest absolute Gasteiger partial charge is 0.387 e. The second kappa shape index (κ2) is 9.93. The zero-order valence-corrected chi connectivity index (χ0v) is 16.1. The average Bonchev–Trinajstić information content (AvgIpc) is 2.69. The molecule has 2 rings (SSSR count). The molecule has 138 valence electrons. The number of nitrogens with one attached hydrogen (secondary N) is 2. The molecule has 0 saturated heterocycles. The van der Waals surface area contributed by atoms with Gasteiger partial charge < -0.3 is 10.6 Å². The zero-order valence-electron chi connectivity index (χ0n) is 16.1. The monoisotopic (exact) mass is 359 g/mol. The van der Waals surface area contributed by atoms with Gasteiger partial charge in [-0.15, -0.1) is 0 Å². The number of hydrogen-bond acceptors (Lipinski definition) is 5. The number of benzene rings is 1. The summed E-state index contributed by atoms with van der Waals surface area (Å²) in [4.78, 5) is 8.53. The summed E-state index contributed by atoms with van der Waals surface area (Å²) in [6.45, 7) is 7.84. The van der Waals surface area contributed by atoms with E-state index in [1.54, 1.807) is 13.0 Å². The fraction of sp³-hybridized carbons (Fsp3) is 0.227. The highest BCUT2D eigenvalue weighted by atomic mass is 15.0. The minimum absolute atomic E-state index is 0.337. The van der Waals surface area contributed by atoms with Crippen LogP contribution < -0.4 is 10.6 Å². The van der Waals surface area contributed by atoms with E-state index < -0.39 is 0 Å². The smallest absolute Gasteiger partial charge is 0.136 e. The molecule has 2 aromatic rings. The Balaban J connectivity index is 2.18. The van der Waals surface area contributed by atoms with E-state index in [-0.39, 0.29) is 0 Å². The Morgan fingerprint density at radius 1 is 1.33 bits per heavy atom. The highest BCUT2D eigenvalue weighted by Gasteiger charge is 2.07. The van der Waals surface area contributed by atoms with Gasteiger partial charge in [-0.3, -0.25) is 0 Å². The lowest BCUT2D eigenvalue weighted by Crippen LogP contribution is -2.03. The van der Waals surface area contributed by atoms with E-state index in [4.69, 9.17) is 5.26 Å². The van der Waals surface area contributed by atoms with Crippen LogP contribution in [0.5, 0.6) is 0 Å². The number of aliphatic imine (C=N–C) groups is 1. The lowest BCUT2D eigenvalue weighted by Gasteiger charge is -2.12.